The summed E-state index contributed by atoms with van der Waals surface area (Å²) in [6, 6.07) is 7.71. The Hall–Kier alpha value is -3.64. The van der Waals surface area contributed by atoms with E-state index in [9.17, 15) is 28.5 Å². The third kappa shape index (κ3) is 4.92. The van der Waals surface area contributed by atoms with Gasteiger partial charge in [0, 0.05) is 32.2 Å². The number of carboxylic acid groups (broad SMARTS) is 1. The van der Waals surface area contributed by atoms with Gasteiger partial charge in [-0.2, -0.15) is 23.7 Å². The fourth-order valence-corrected chi connectivity index (χ4v) is 3.17. The van der Waals surface area contributed by atoms with Crippen molar-refractivity contribution >= 4 is 22.7 Å². The first-order valence-electron chi connectivity index (χ1n) is 9.06. The molecule has 164 valence electrons. The molecule has 2 atom stereocenters. The van der Waals surface area contributed by atoms with Crippen molar-refractivity contribution in [2.24, 2.45) is 7.05 Å². The molecule has 0 radical (unpaired) electrons. The lowest BCUT2D eigenvalue weighted by Crippen LogP contribution is -2.55. The van der Waals surface area contributed by atoms with Gasteiger partial charge in [-0.3, -0.25) is 4.79 Å². The van der Waals surface area contributed by atoms with Crippen LogP contribution in [0.25, 0.3) is 11.0 Å². The third-order valence-electron chi connectivity index (χ3n) is 4.74. The van der Waals surface area contributed by atoms with E-state index in [1.165, 1.54) is 4.57 Å². The number of carbonyl (C=O) groups is 1. The van der Waals surface area contributed by atoms with Crippen LogP contribution < -0.4 is 15.8 Å². The summed E-state index contributed by atoms with van der Waals surface area (Å²) in [5, 5.41) is 29.3. The maximum atomic E-state index is 12.6. The number of halogens is 3. The number of aryl methyl sites for hydroxylation is 1. The number of pyridine rings is 2. The van der Waals surface area contributed by atoms with E-state index in [2.05, 4.69) is 22.1 Å². The fourth-order valence-electron chi connectivity index (χ4n) is 3.17. The van der Waals surface area contributed by atoms with Crippen molar-refractivity contribution in [2.45, 2.75) is 32.1 Å². The molecule has 31 heavy (non-hydrogen) atoms. The number of piperazine rings is 1. The lowest BCUT2D eigenvalue weighted by Gasteiger charge is -2.39. The average molecular weight is 436 g/mol. The van der Waals surface area contributed by atoms with Gasteiger partial charge in [0.05, 0.1) is 11.2 Å². The molecule has 1 aliphatic rings. The molecule has 3 heterocycles. The van der Waals surface area contributed by atoms with Crippen LogP contribution in [0.15, 0.2) is 16.9 Å². The molecule has 0 bridgehead atoms. The van der Waals surface area contributed by atoms with Crippen LogP contribution in [0.1, 0.15) is 25.1 Å². The number of aliphatic carboxylic acids is 1. The Kier molecular flexibility index (Phi) is 6.88. The molecule has 3 rings (SSSR count). The summed E-state index contributed by atoms with van der Waals surface area (Å²) >= 11 is 0. The number of nitriles is 2. The Balaban J connectivity index is 0.000000423. The van der Waals surface area contributed by atoms with Crippen LogP contribution in [0, 0.1) is 22.7 Å². The van der Waals surface area contributed by atoms with Crippen molar-refractivity contribution in [3.8, 4) is 12.1 Å². The van der Waals surface area contributed by atoms with E-state index in [0.717, 1.165) is 6.54 Å². The smallest absolute Gasteiger partial charge is 0.475 e. The van der Waals surface area contributed by atoms with Crippen molar-refractivity contribution in [3.05, 3.63) is 33.7 Å². The highest BCUT2D eigenvalue weighted by Crippen LogP contribution is 2.30. The number of hydrogen-bond donors (Lipinski definition) is 2. The van der Waals surface area contributed by atoms with Crippen LogP contribution in [0.3, 0.4) is 0 Å². The number of fused-ring (bicyclic) bond motifs is 1. The van der Waals surface area contributed by atoms with Crippen LogP contribution in [-0.2, 0) is 11.8 Å². The summed E-state index contributed by atoms with van der Waals surface area (Å²) < 4.78 is 33.2. The molecule has 0 saturated carbocycles. The summed E-state index contributed by atoms with van der Waals surface area (Å²) in [7, 11) is 1.62. The lowest BCUT2D eigenvalue weighted by molar-refractivity contribution is -0.192. The Bertz CT molecular complexity index is 1150. The fraction of sp³-hybridized carbons (Fsp3) is 0.421. The van der Waals surface area contributed by atoms with Crippen molar-refractivity contribution in [3.63, 3.8) is 0 Å². The molecule has 0 unspecified atom stereocenters. The average Bonchev–Trinajstić information content (AvgIpc) is 2.71. The second kappa shape index (κ2) is 9.02. The molecule has 12 heteroatoms. The Labute approximate surface area is 174 Å². The number of anilines is 1. The molecule has 0 amide bonds. The van der Waals surface area contributed by atoms with Gasteiger partial charge in [0.15, 0.2) is 0 Å². The monoisotopic (exact) mass is 436 g/mol. The van der Waals surface area contributed by atoms with Gasteiger partial charge in [-0.15, -0.1) is 0 Å². The van der Waals surface area contributed by atoms with Gasteiger partial charge in [-0.05, 0) is 26.0 Å². The van der Waals surface area contributed by atoms with Crippen LogP contribution in [-0.4, -0.2) is 52.0 Å². The number of nitrogens with one attached hydrogen (secondary N) is 1. The van der Waals surface area contributed by atoms with Gasteiger partial charge in [0.1, 0.15) is 28.9 Å². The van der Waals surface area contributed by atoms with Gasteiger partial charge in [-0.25, -0.2) is 9.78 Å². The molecule has 1 aliphatic heterocycles. The van der Waals surface area contributed by atoms with Gasteiger partial charge in [0.25, 0.3) is 5.56 Å². The zero-order valence-corrected chi connectivity index (χ0v) is 16.9. The normalized spacial score (nSPS) is 18.5. The quantitative estimate of drug-likeness (QED) is 0.687. The minimum Gasteiger partial charge on any atom is -0.475 e. The standard InChI is InChI=1S/C17H18N6O.C2HF3O2/c1-10-9-23(11(2)8-20-10)16-13(7-19)17(24)22(3)14-5-4-12(6-18)21-15(14)16;3-2(4,5)1(6)7/h4-5,10-11,20H,8-9H2,1-3H3;(H,6,7)/t10-,11+;/m1./s1. The minimum atomic E-state index is -5.08. The summed E-state index contributed by atoms with van der Waals surface area (Å²) in [6.07, 6.45) is -5.08. The maximum Gasteiger partial charge on any atom is 0.490 e. The Morgan fingerprint density at radius 2 is 1.90 bits per heavy atom. The predicted molar refractivity (Wildman–Crippen MR) is 104 cm³/mol. The van der Waals surface area contributed by atoms with Crippen LogP contribution >= 0.6 is 0 Å². The summed E-state index contributed by atoms with van der Waals surface area (Å²) in [4.78, 5) is 28.0. The molecule has 0 aromatic carbocycles. The molecule has 1 saturated heterocycles. The highest BCUT2D eigenvalue weighted by molar-refractivity contribution is 5.92. The van der Waals surface area contributed by atoms with E-state index in [4.69, 9.17) is 9.90 Å². The summed E-state index contributed by atoms with van der Waals surface area (Å²) in [5.74, 6) is -2.76. The number of nitrogens with zero attached hydrogens (tertiary/aromatic N) is 5. The molecule has 9 nitrogen and oxygen atoms in total. The second-order valence-corrected chi connectivity index (χ2v) is 6.99. The topological polar surface area (TPSA) is 135 Å². The SMILES string of the molecule is C[C@@H]1CN(c2c(C#N)c(=O)n(C)c3ccc(C#N)nc23)[C@@H](C)CN1.O=C(O)C(F)(F)F. The molecular weight excluding hydrogens is 417 g/mol. The zero-order valence-electron chi connectivity index (χ0n) is 16.9. The summed E-state index contributed by atoms with van der Waals surface area (Å²) in [6.45, 7) is 5.51. The first-order valence-corrected chi connectivity index (χ1v) is 9.06. The first kappa shape index (κ1) is 23.6. The number of aromatic nitrogens is 2. The number of carboxylic acids is 1. The highest BCUT2D eigenvalue weighted by Gasteiger charge is 2.38. The minimum absolute atomic E-state index is 0.0774. The number of hydrogen-bond acceptors (Lipinski definition) is 7. The van der Waals surface area contributed by atoms with E-state index < -0.39 is 12.1 Å². The van der Waals surface area contributed by atoms with Crippen molar-refractivity contribution in [1.29, 1.82) is 10.5 Å². The van der Waals surface area contributed by atoms with E-state index in [-0.39, 0.29) is 28.9 Å². The largest absolute Gasteiger partial charge is 0.490 e. The predicted octanol–water partition coefficient (Wildman–Crippen LogP) is 1.50. The first-order chi connectivity index (χ1) is 14.4. The van der Waals surface area contributed by atoms with Crippen molar-refractivity contribution in [2.75, 3.05) is 18.0 Å². The molecule has 2 aromatic rings. The van der Waals surface area contributed by atoms with Crippen LogP contribution in [0.5, 0.6) is 0 Å². The highest BCUT2D eigenvalue weighted by atomic mass is 19.4. The van der Waals surface area contributed by atoms with E-state index in [1.54, 1.807) is 19.2 Å². The summed E-state index contributed by atoms with van der Waals surface area (Å²) in [5.41, 5.74) is 1.68. The van der Waals surface area contributed by atoms with Crippen LogP contribution in [0.2, 0.25) is 0 Å². The molecule has 1 fully saturated rings. The van der Waals surface area contributed by atoms with Gasteiger partial charge < -0.3 is 19.9 Å². The van der Waals surface area contributed by atoms with Crippen LogP contribution in [0.4, 0.5) is 18.9 Å². The maximum absolute atomic E-state index is 12.6. The molecule has 0 spiro atoms. The van der Waals surface area contributed by atoms with Gasteiger partial charge >= 0.3 is 12.1 Å². The number of rotatable bonds is 1. The number of alkyl halides is 3. The van der Waals surface area contributed by atoms with Crippen molar-refractivity contribution in [1.82, 2.24) is 14.9 Å². The molecular formula is C19H19F3N6O3. The molecule has 0 aliphatic carbocycles. The molecule has 2 aromatic heterocycles. The Morgan fingerprint density at radius 3 is 2.42 bits per heavy atom. The van der Waals surface area contributed by atoms with E-state index in [1.807, 2.05) is 19.1 Å². The second-order valence-electron chi connectivity index (χ2n) is 6.99. The van der Waals surface area contributed by atoms with E-state index >= 15 is 0 Å². The zero-order chi connectivity index (χ0) is 23.5. The molecule has 2 N–H and O–H groups in total. The van der Waals surface area contributed by atoms with Gasteiger partial charge in [0.2, 0.25) is 0 Å². The van der Waals surface area contributed by atoms with Crippen molar-refractivity contribution < 1.29 is 23.1 Å². The lowest BCUT2D eigenvalue weighted by atomic mass is 10.1. The third-order valence-corrected chi connectivity index (χ3v) is 4.74. The van der Waals surface area contributed by atoms with Gasteiger partial charge in [-0.1, -0.05) is 0 Å². The Morgan fingerprint density at radius 1 is 1.29 bits per heavy atom. The van der Waals surface area contributed by atoms with E-state index in [0.29, 0.717) is 23.3 Å².